The van der Waals surface area contributed by atoms with Crippen molar-refractivity contribution < 1.29 is 23.0 Å². The van der Waals surface area contributed by atoms with Crippen molar-refractivity contribution in [2.24, 2.45) is 5.73 Å². The molecule has 0 radical (unpaired) electrons. The largest absolute Gasteiger partial charge is 0.573 e. The van der Waals surface area contributed by atoms with Crippen LogP contribution in [0.1, 0.15) is 28.3 Å². The predicted octanol–water partition coefficient (Wildman–Crippen LogP) is 5.14. The zero-order chi connectivity index (χ0) is 17.4. The number of hydrogen-bond donors (Lipinski definition) is 2. The predicted molar refractivity (Wildman–Crippen MR) is 91.7 cm³/mol. The Hall–Kier alpha value is -1.44. The lowest BCUT2D eigenvalue weighted by atomic mass is 9.93. The first-order valence-electron chi connectivity index (χ1n) is 6.70. The second-order valence-electron chi connectivity index (χ2n) is 5.16. The SMILES string of the molecule is Cc1cc(O)c([C@H](N)c2ccc(OC(F)(F)F)cc2)c(C)c1Br.Cl. The second-order valence-corrected chi connectivity index (χ2v) is 5.95. The molecule has 24 heavy (non-hydrogen) atoms. The molecule has 0 unspecified atom stereocenters. The van der Waals surface area contributed by atoms with E-state index >= 15 is 0 Å². The number of aromatic hydroxyl groups is 1. The molecule has 0 aromatic heterocycles. The summed E-state index contributed by atoms with van der Waals surface area (Å²) in [5, 5.41) is 10.2. The number of phenolic OH excluding ortho intramolecular Hbond substituents is 1. The van der Waals surface area contributed by atoms with E-state index in [4.69, 9.17) is 5.73 Å². The number of benzene rings is 2. The molecule has 0 aliphatic carbocycles. The molecule has 0 heterocycles. The summed E-state index contributed by atoms with van der Waals surface area (Å²) in [6, 6.07) is 6.19. The first kappa shape index (κ1) is 20.6. The summed E-state index contributed by atoms with van der Waals surface area (Å²) in [6.07, 6.45) is -4.74. The van der Waals surface area contributed by atoms with E-state index in [0.29, 0.717) is 11.1 Å². The van der Waals surface area contributed by atoms with Crippen LogP contribution in [0.3, 0.4) is 0 Å². The van der Waals surface area contributed by atoms with Gasteiger partial charge in [-0.1, -0.05) is 28.1 Å². The van der Waals surface area contributed by atoms with Crippen molar-refractivity contribution in [3.05, 3.63) is 57.1 Å². The van der Waals surface area contributed by atoms with Crippen LogP contribution in [0, 0.1) is 13.8 Å². The molecule has 0 amide bonds. The number of ether oxygens (including phenoxy) is 1. The van der Waals surface area contributed by atoms with E-state index in [1.54, 1.807) is 6.07 Å². The van der Waals surface area contributed by atoms with Gasteiger partial charge in [-0.05, 0) is 48.7 Å². The van der Waals surface area contributed by atoms with Gasteiger partial charge in [0.1, 0.15) is 11.5 Å². The maximum Gasteiger partial charge on any atom is 0.573 e. The quantitative estimate of drug-likeness (QED) is 0.714. The first-order valence-corrected chi connectivity index (χ1v) is 7.49. The van der Waals surface area contributed by atoms with Gasteiger partial charge in [0.15, 0.2) is 0 Å². The summed E-state index contributed by atoms with van der Waals surface area (Å²) in [5.74, 6) is -0.272. The lowest BCUT2D eigenvalue weighted by Gasteiger charge is -2.19. The van der Waals surface area contributed by atoms with Crippen molar-refractivity contribution in [3.8, 4) is 11.5 Å². The van der Waals surface area contributed by atoms with Gasteiger partial charge in [-0.3, -0.25) is 0 Å². The molecule has 0 aliphatic rings. The topological polar surface area (TPSA) is 55.5 Å². The molecule has 3 N–H and O–H groups in total. The van der Waals surface area contributed by atoms with Crippen molar-refractivity contribution in [1.82, 2.24) is 0 Å². The lowest BCUT2D eigenvalue weighted by molar-refractivity contribution is -0.274. The molecular weight excluding hydrogens is 411 g/mol. The van der Waals surface area contributed by atoms with Crippen LogP contribution in [0.2, 0.25) is 0 Å². The van der Waals surface area contributed by atoms with Gasteiger partial charge < -0.3 is 15.6 Å². The van der Waals surface area contributed by atoms with Gasteiger partial charge in [0.2, 0.25) is 0 Å². The molecule has 0 aliphatic heterocycles. The molecule has 2 aromatic rings. The van der Waals surface area contributed by atoms with E-state index in [9.17, 15) is 18.3 Å². The van der Waals surface area contributed by atoms with Crippen LogP contribution >= 0.6 is 28.3 Å². The number of phenols is 1. The normalized spacial score (nSPS) is 12.5. The molecule has 3 nitrogen and oxygen atoms in total. The van der Waals surface area contributed by atoms with Crippen molar-refractivity contribution in [3.63, 3.8) is 0 Å². The fourth-order valence-corrected chi connectivity index (χ4v) is 2.72. The summed E-state index contributed by atoms with van der Waals surface area (Å²) in [7, 11) is 0. The number of nitrogens with two attached hydrogens (primary N) is 1. The average molecular weight is 427 g/mol. The minimum absolute atomic E-state index is 0. The monoisotopic (exact) mass is 425 g/mol. The summed E-state index contributed by atoms with van der Waals surface area (Å²) < 4.78 is 41.2. The fourth-order valence-electron chi connectivity index (χ4n) is 2.39. The minimum atomic E-state index is -4.74. The van der Waals surface area contributed by atoms with Crippen LogP contribution < -0.4 is 10.5 Å². The highest BCUT2D eigenvalue weighted by molar-refractivity contribution is 9.10. The van der Waals surface area contributed by atoms with Gasteiger partial charge in [-0.2, -0.15) is 0 Å². The van der Waals surface area contributed by atoms with E-state index in [-0.39, 0.29) is 23.9 Å². The minimum Gasteiger partial charge on any atom is -0.508 e. The standard InChI is InChI=1S/C16H15BrF3NO2.ClH/c1-8-7-12(22)13(9(2)14(8)17)15(21)10-3-5-11(6-4-10)23-16(18,19)20;/h3-7,15,22H,21H2,1-2H3;1H/t15-;/m1./s1. The zero-order valence-corrected chi connectivity index (χ0v) is 15.2. The maximum absolute atomic E-state index is 12.2. The Morgan fingerprint density at radius 2 is 1.71 bits per heavy atom. The fraction of sp³-hybridized carbons (Fsp3) is 0.250. The molecule has 2 rings (SSSR count). The van der Waals surface area contributed by atoms with Crippen LogP contribution in [0.4, 0.5) is 13.2 Å². The first-order chi connectivity index (χ1) is 10.6. The summed E-state index contributed by atoms with van der Waals surface area (Å²) in [4.78, 5) is 0. The number of aryl methyl sites for hydroxylation is 1. The van der Waals surface area contributed by atoms with Crippen molar-refractivity contribution in [1.29, 1.82) is 0 Å². The number of hydrogen-bond acceptors (Lipinski definition) is 3. The van der Waals surface area contributed by atoms with E-state index in [1.165, 1.54) is 24.3 Å². The third-order valence-corrected chi connectivity index (χ3v) is 4.71. The molecular formula is C16H16BrClF3NO2. The van der Waals surface area contributed by atoms with Gasteiger partial charge in [-0.25, -0.2) is 0 Å². The third-order valence-electron chi connectivity index (χ3n) is 3.49. The van der Waals surface area contributed by atoms with Gasteiger partial charge >= 0.3 is 6.36 Å². The van der Waals surface area contributed by atoms with E-state index < -0.39 is 12.4 Å². The maximum atomic E-state index is 12.2. The number of halogens is 5. The second kappa shape index (κ2) is 7.63. The highest BCUT2D eigenvalue weighted by Crippen LogP contribution is 2.37. The molecule has 8 heteroatoms. The highest BCUT2D eigenvalue weighted by atomic mass is 79.9. The average Bonchev–Trinajstić information content (AvgIpc) is 2.44. The number of rotatable bonds is 3. The molecule has 0 saturated heterocycles. The van der Waals surface area contributed by atoms with Gasteiger partial charge in [0.05, 0.1) is 6.04 Å². The van der Waals surface area contributed by atoms with Gasteiger partial charge in [0, 0.05) is 10.0 Å². The van der Waals surface area contributed by atoms with E-state index in [1.807, 2.05) is 13.8 Å². The van der Waals surface area contributed by atoms with E-state index in [2.05, 4.69) is 20.7 Å². The van der Waals surface area contributed by atoms with Crippen molar-refractivity contribution in [2.75, 3.05) is 0 Å². The Labute approximate surface area is 152 Å². The van der Waals surface area contributed by atoms with Gasteiger partial charge in [-0.15, -0.1) is 25.6 Å². The zero-order valence-electron chi connectivity index (χ0n) is 12.8. The van der Waals surface area contributed by atoms with E-state index in [0.717, 1.165) is 15.6 Å². The molecule has 132 valence electrons. The van der Waals surface area contributed by atoms with Crippen LogP contribution in [-0.2, 0) is 0 Å². The van der Waals surface area contributed by atoms with Crippen molar-refractivity contribution in [2.45, 2.75) is 26.3 Å². The van der Waals surface area contributed by atoms with Crippen molar-refractivity contribution >= 4 is 28.3 Å². The Morgan fingerprint density at radius 1 is 1.17 bits per heavy atom. The molecule has 2 aromatic carbocycles. The molecule has 0 saturated carbocycles. The Kier molecular flexibility index (Phi) is 6.55. The Morgan fingerprint density at radius 3 is 2.21 bits per heavy atom. The van der Waals surface area contributed by atoms with Crippen LogP contribution in [0.15, 0.2) is 34.8 Å². The summed E-state index contributed by atoms with van der Waals surface area (Å²) in [5.41, 5.74) is 8.90. The third kappa shape index (κ3) is 4.55. The Balaban J connectivity index is 0.00000288. The van der Waals surface area contributed by atoms with Crippen LogP contribution in [-0.4, -0.2) is 11.5 Å². The van der Waals surface area contributed by atoms with Crippen LogP contribution in [0.25, 0.3) is 0 Å². The number of alkyl halides is 3. The summed E-state index contributed by atoms with van der Waals surface area (Å²) >= 11 is 3.44. The van der Waals surface area contributed by atoms with Crippen LogP contribution in [0.5, 0.6) is 11.5 Å². The summed E-state index contributed by atoms with van der Waals surface area (Å²) in [6.45, 7) is 3.66. The molecule has 0 spiro atoms. The lowest BCUT2D eigenvalue weighted by Crippen LogP contribution is -2.17. The Bertz CT molecular complexity index is 721. The highest BCUT2D eigenvalue weighted by Gasteiger charge is 2.31. The molecule has 1 atom stereocenters. The van der Waals surface area contributed by atoms with Gasteiger partial charge in [0.25, 0.3) is 0 Å². The molecule has 0 fully saturated rings. The smallest absolute Gasteiger partial charge is 0.508 e. The molecule has 0 bridgehead atoms.